The molecule has 0 aromatic heterocycles. The van der Waals surface area contributed by atoms with Gasteiger partial charge in [-0.3, -0.25) is 62.3 Å². The molecule has 26 heteroatoms. The van der Waals surface area contributed by atoms with E-state index < -0.39 is 174 Å². The Balaban J connectivity index is 1.51. The molecule has 4 N–H and O–H groups in total. The molecule has 0 spiro atoms. The lowest BCUT2D eigenvalue weighted by Crippen LogP contribution is -2.61. The molecule has 696 valence electrons. The van der Waals surface area contributed by atoms with Crippen LogP contribution in [0.4, 0.5) is 0 Å². The van der Waals surface area contributed by atoms with Crippen molar-refractivity contribution in [3.05, 3.63) is 139 Å². The molecule has 1 aliphatic heterocycles. The fraction of sp³-hybridized carbons (Fsp3) is 0.610. The van der Waals surface area contributed by atoms with Gasteiger partial charge < -0.3 is 60.1 Å². The van der Waals surface area contributed by atoms with Crippen LogP contribution < -0.4 is 31.9 Å². The van der Waals surface area contributed by atoms with E-state index in [4.69, 9.17) is 4.74 Å². The first-order valence-corrected chi connectivity index (χ1v) is 47.6. The van der Waals surface area contributed by atoms with Gasteiger partial charge >= 0.3 is 0 Å². The van der Waals surface area contributed by atoms with Crippen LogP contribution in [-0.2, 0) is 68.7 Å². The number of hydrogen-bond donors (Lipinski definition) is 4. The van der Waals surface area contributed by atoms with Crippen LogP contribution in [0.2, 0.25) is 0 Å². The summed E-state index contributed by atoms with van der Waals surface area (Å²) in [5, 5.41) is 25.2. The van der Waals surface area contributed by atoms with Crippen molar-refractivity contribution in [1.82, 2.24) is 50.2 Å². The second-order valence-corrected chi connectivity index (χ2v) is 41.0. The van der Waals surface area contributed by atoms with Gasteiger partial charge in [-0.2, -0.15) is 0 Å². The van der Waals surface area contributed by atoms with Crippen molar-refractivity contribution >= 4 is 99.5 Å². The van der Waals surface area contributed by atoms with Crippen LogP contribution in [0.1, 0.15) is 204 Å². The van der Waals surface area contributed by atoms with Crippen LogP contribution in [0.5, 0.6) is 0 Å². The molecule has 0 radical (unpaired) electrons. The van der Waals surface area contributed by atoms with Crippen molar-refractivity contribution in [3.63, 3.8) is 0 Å². The first-order valence-electron chi connectivity index (χ1n) is 45.7. The number of aliphatic hydroxyl groups excluding tert-OH is 1. The number of allylic oxidation sites excluding steroid dienone is 2. The maximum Gasteiger partial charge on any atom is 0.251 e. The summed E-state index contributed by atoms with van der Waals surface area (Å²) in [6, 6.07) is 28.0. The lowest BCUT2D eigenvalue weighted by molar-refractivity contribution is -0.157. The largest absolute Gasteiger partial charge is 0.390 e. The van der Waals surface area contributed by atoms with E-state index in [2.05, 4.69) is 88.7 Å². The Labute approximate surface area is 753 Å². The monoisotopic (exact) mass is 1760 g/mol. The molecular formula is C100H152N10O15P+. The summed E-state index contributed by atoms with van der Waals surface area (Å²) in [5.74, 6) is -12.4. The van der Waals surface area contributed by atoms with Crippen LogP contribution in [0.25, 0.3) is 0 Å². The van der Waals surface area contributed by atoms with E-state index in [-0.39, 0.29) is 106 Å². The lowest BCUT2D eigenvalue weighted by atomic mass is 9.84. The fourth-order valence-corrected chi connectivity index (χ4v) is 21.4. The molecule has 13 atom stereocenters. The summed E-state index contributed by atoms with van der Waals surface area (Å²) in [5.41, 5.74) is 0.804. The molecular weight excluding hydrogens is 1610 g/mol. The predicted molar refractivity (Wildman–Crippen MR) is 501 cm³/mol. The van der Waals surface area contributed by atoms with Gasteiger partial charge in [0.15, 0.2) is 17.3 Å². The highest BCUT2D eigenvalue weighted by atomic mass is 31.2. The number of rotatable bonds is 33. The first kappa shape index (κ1) is 107. The normalized spacial score (nSPS) is 22.7. The molecule has 0 bridgehead atoms. The summed E-state index contributed by atoms with van der Waals surface area (Å²) in [6.45, 7) is 32.1. The number of aliphatic hydroxyl groups is 1. The Morgan fingerprint density at radius 1 is 0.484 bits per heavy atom. The summed E-state index contributed by atoms with van der Waals surface area (Å²) < 4.78 is 5.89. The second kappa shape index (κ2) is 51.7. The predicted octanol–water partition coefficient (Wildman–Crippen LogP) is 10.8. The van der Waals surface area contributed by atoms with Crippen molar-refractivity contribution in [2.75, 3.05) is 88.3 Å². The zero-order chi connectivity index (χ0) is 94.3. The molecule has 4 aromatic rings. The molecule has 126 heavy (non-hydrogen) atoms. The van der Waals surface area contributed by atoms with Crippen LogP contribution in [0.15, 0.2) is 127 Å². The summed E-state index contributed by atoms with van der Waals surface area (Å²) >= 11 is 0. The molecule has 25 nitrogen and oxygen atoms in total. The Bertz CT molecular complexity index is 4140. The molecule has 0 aliphatic carbocycles. The SMILES string of the molecule is C/C=C/C[C@@H](C)[C@@H](O)[C@H]1C(=O)C[C@@H](CC)C(=O)N(C)C(Cc2ccc(C(=O)NCCOCCNCCC(=O)CC[P+](c3ccccc3)(c3ccccc3)c3ccccc3)cc2)C(=O)N(C)[C@@H](CC(C)C)C(=O)C[C@@H](C(C)C)C(=O)N(C)[C@@H](CC(C)C)C(=O)C[C@@H](C)C(=O)N[C@H](C)C(=O)N(C)[C@@H](CC(C)C)C(=O)N(C)[C@@H](CC(C)C)C(=O)N(C)[C@@H](C(C)C)C(=O)N1C. The van der Waals surface area contributed by atoms with Crippen molar-refractivity contribution in [1.29, 1.82) is 0 Å². The van der Waals surface area contributed by atoms with E-state index in [1.54, 1.807) is 78.8 Å². The number of nitrogens with one attached hydrogen (secondary N) is 3. The quantitative estimate of drug-likeness (QED) is 0.0196. The van der Waals surface area contributed by atoms with E-state index >= 15 is 38.4 Å². The number of nitrogens with zero attached hydrogens (tertiary/aromatic N) is 7. The summed E-state index contributed by atoms with van der Waals surface area (Å²) in [6.07, 6.45) is 3.16. The average molecular weight is 1770 g/mol. The van der Waals surface area contributed by atoms with E-state index in [1.807, 2.05) is 86.6 Å². The minimum Gasteiger partial charge on any atom is -0.390 e. The molecule has 1 heterocycles. The standard InChI is InChI=1S/C100H151N10O15P/c1-25-27-37-70(15)91(115)90-88(114)62-74(26-2)95(119)107(21)85(61-73-44-46-75(47-45-73)93(117)102-52-54-125-53-51-101-50-48-76(111)49-55-126(77-38-31-28-32-39-77,78-40-33-29-34-41-78)79-42-35-30-36-43-79)98(122)105(19)82(57-65(5)6)87(113)63-80(68(11)12)96(120)104(18)81(56-64(3)4)86(112)60-71(16)92(116)103-72(17)94(118)106(20)83(58-66(7)8)97(121)108(22)84(59-67(9)10)99(123)109(23)89(69(13)14)100(124)110(90)24/h25,27-36,38-47,64-72,74,80-85,89-91,101,115H,26,37,48-63H2,1-24H3,(H-,102,103,116,117)/p+1/b27-25+/t70-,71-,72-,74-,80+,81+,82+,83+,84+,85?,89+,90-,91-/m1/s1. The topological polar surface area (TPSA) is 310 Å². The van der Waals surface area contributed by atoms with Crippen LogP contribution in [-0.4, -0.2) is 258 Å². The van der Waals surface area contributed by atoms with E-state index in [0.29, 0.717) is 44.3 Å². The maximum absolute atomic E-state index is 15.9. The first-order chi connectivity index (χ1) is 59.4. The third-order valence-electron chi connectivity index (χ3n) is 24.9. The van der Waals surface area contributed by atoms with Crippen molar-refractivity contribution in [2.45, 2.75) is 249 Å². The second-order valence-electron chi connectivity index (χ2n) is 37.3. The number of hydrogen-bond acceptors (Lipinski definition) is 16. The summed E-state index contributed by atoms with van der Waals surface area (Å²) in [7, 11) is 8.06. The van der Waals surface area contributed by atoms with Gasteiger partial charge in [0.1, 0.15) is 65.2 Å². The number of Topliss-reactive ketones (excluding diaryl/α,β-unsaturated/α-hetero) is 4. The number of carbonyl (C=O) groups excluding carboxylic acids is 13. The molecule has 9 amide bonds. The number of ether oxygens (including phenoxy) is 1. The van der Waals surface area contributed by atoms with E-state index in [9.17, 15) is 29.1 Å². The van der Waals surface area contributed by atoms with Gasteiger partial charge in [0.05, 0.1) is 37.6 Å². The van der Waals surface area contributed by atoms with Gasteiger partial charge in [-0.15, -0.1) is 0 Å². The third-order valence-corrected chi connectivity index (χ3v) is 29.3. The van der Waals surface area contributed by atoms with E-state index in [0.717, 1.165) is 4.90 Å². The van der Waals surface area contributed by atoms with Crippen LogP contribution in [0.3, 0.4) is 0 Å². The number of likely N-dealkylation sites (N-methyl/N-ethyl adjacent to an activating group) is 7. The Morgan fingerprint density at radius 3 is 1.40 bits per heavy atom. The molecule has 1 aliphatic rings. The highest BCUT2D eigenvalue weighted by Gasteiger charge is 2.49. The molecule has 1 unspecified atom stereocenters. The minimum absolute atomic E-state index is 0.0412. The number of amides is 9. The molecule has 0 saturated carbocycles. The highest BCUT2D eigenvalue weighted by molar-refractivity contribution is 7.95. The number of benzene rings is 4. The molecule has 1 saturated heterocycles. The van der Waals surface area contributed by atoms with Crippen molar-refractivity contribution in [2.24, 2.45) is 59.2 Å². The molecule has 5 rings (SSSR count). The zero-order valence-electron chi connectivity index (χ0n) is 80.1. The third kappa shape index (κ3) is 30.0. The minimum atomic E-state index is -2.16. The fourth-order valence-electron chi connectivity index (χ4n) is 17.1. The Hall–Kier alpha value is -9.16. The van der Waals surface area contributed by atoms with Crippen LogP contribution in [0, 0.1) is 59.2 Å². The zero-order valence-corrected chi connectivity index (χ0v) is 81.0. The van der Waals surface area contributed by atoms with Gasteiger partial charge in [-0.1, -0.05) is 183 Å². The Morgan fingerprint density at radius 2 is 0.921 bits per heavy atom. The summed E-state index contributed by atoms with van der Waals surface area (Å²) in [4.78, 5) is 204. The van der Waals surface area contributed by atoms with Crippen molar-refractivity contribution < 1.29 is 72.2 Å². The molecule has 1 fully saturated rings. The smallest absolute Gasteiger partial charge is 0.251 e. The molecule has 4 aromatic carbocycles. The van der Waals surface area contributed by atoms with Gasteiger partial charge in [-0.05, 0) is 148 Å². The van der Waals surface area contributed by atoms with E-state index in [1.165, 1.54) is 102 Å². The van der Waals surface area contributed by atoms with Gasteiger partial charge in [0.25, 0.3) is 5.91 Å². The van der Waals surface area contributed by atoms with Gasteiger partial charge in [0.2, 0.25) is 47.3 Å². The Kier molecular flexibility index (Phi) is 44.1. The average Bonchev–Trinajstić information content (AvgIpc) is 0.755. The van der Waals surface area contributed by atoms with Gasteiger partial charge in [0, 0.05) is 131 Å². The van der Waals surface area contributed by atoms with Gasteiger partial charge in [-0.25, -0.2) is 0 Å². The highest BCUT2D eigenvalue weighted by Crippen LogP contribution is 2.56. The number of ketones is 4. The van der Waals surface area contributed by atoms with Crippen molar-refractivity contribution in [3.8, 4) is 0 Å². The maximum atomic E-state index is 15.9. The number of carbonyl (C=O) groups is 13. The van der Waals surface area contributed by atoms with Crippen LogP contribution >= 0.6 is 7.26 Å². The lowest BCUT2D eigenvalue weighted by Gasteiger charge is -2.41.